The Morgan fingerprint density at radius 2 is 2.12 bits per heavy atom. The van der Waals surface area contributed by atoms with Crippen LogP contribution < -0.4 is 5.32 Å². The van der Waals surface area contributed by atoms with Crippen LogP contribution in [0.3, 0.4) is 0 Å². The maximum atomic E-state index is 4.16. The molecule has 90 valence electrons. The fourth-order valence-electron chi connectivity index (χ4n) is 1.54. The Bertz CT molecular complexity index is 439. The maximum absolute atomic E-state index is 4.16. The van der Waals surface area contributed by atoms with Crippen molar-refractivity contribution in [1.29, 1.82) is 0 Å². The first-order valence-electron chi connectivity index (χ1n) is 5.73. The highest BCUT2D eigenvalue weighted by Gasteiger charge is 1.96. The number of aromatic nitrogens is 2. The van der Waals surface area contributed by atoms with Gasteiger partial charge in [-0.15, -0.1) is 11.8 Å². The van der Waals surface area contributed by atoms with Crippen LogP contribution >= 0.6 is 11.8 Å². The first-order valence-corrected chi connectivity index (χ1v) is 6.72. The van der Waals surface area contributed by atoms with Crippen molar-refractivity contribution in [2.75, 3.05) is 12.3 Å². The molecule has 4 heteroatoms. The number of nitrogens with zero attached hydrogens (tertiary/aromatic N) is 1. The van der Waals surface area contributed by atoms with Crippen molar-refractivity contribution in [1.82, 2.24) is 15.3 Å². The number of nitrogens with one attached hydrogen (secondary N) is 2. The first-order chi connectivity index (χ1) is 8.34. The van der Waals surface area contributed by atoms with Crippen molar-refractivity contribution in [2.24, 2.45) is 0 Å². The summed E-state index contributed by atoms with van der Waals surface area (Å²) in [4.78, 5) is 8.69. The molecule has 3 nitrogen and oxygen atoms in total. The Morgan fingerprint density at radius 1 is 1.29 bits per heavy atom. The molecular formula is C13H17N3S. The number of rotatable bonds is 6. The van der Waals surface area contributed by atoms with Crippen molar-refractivity contribution in [3.8, 4) is 0 Å². The SMILES string of the molecule is Cc1ncc(CNCCSc2ccccc2)[nH]1. The van der Waals surface area contributed by atoms with Gasteiger partial charge in [-0.25, -0.2) is 4.98 Å². The van der Waals surface area contributed by atoms with Gasteiger partial charge in [-0.1, -0.05) is 18.2 Å². The summed E-state index contributed by atoms with van der Waals surface area (Å²) >= 11 is 1.87. The van der Waals surface area contributed by atoms with Crippen LogP contribution in [-0.4, -0.2) is 22.3 Å². The predicted octanol–water partition coefficient (Wildman–Crippen LogP) is 2.60. The van der Waals surface area contributed by atoms with Crippen LogP contribution in [0.1, 0.15) is 11.5 Å². The van der Waals surface area contributed by atoms with Crippen LogP contribution in [0.25, 0.3) is 0 Å². The molecule has 17 heavy (non-hydrogen) atoms. The Kier molecular flexibility index (Phi) is 4.64. The molecule has 0 atom stereocenters. The van der Waals surface area contributed by atoms with Crippen LogP contribution in [0.5, 0.6) is 0 Å². The number of H-pyrrole nitrogens is 1. The zero-order valence-corrected chi connectivity index (χ0v) is 10.8. The Hall–Kier alpha value is -1.26. The van der Waals surface area contributed by atoms with Crippen LogP contribution in [0.15, 0.2) is 41.4 Å². The molecule has 0 aliphatic heterocycles. The Labute approximate surface area is 106 Å². The van der Waals surface area contributed by atoms with Gasteiger partial charge in [-0.05, 0) is 19.1 Å². The number of benzene rings is 1. The molecule has 1 heterocycles. The summed E-state index contributed by atoms with van der Waals surface area (Å²) in [7, 11) is 0. The molecule has 0 unspecified atom stereocenters. The number of hydrogen-bond donors (Lipinski definition) is 2. The summed E-state index contributed by atoms with van der Waals surface area (Å²) in [5, 5.41) is 3.39. The van der Waals surface area contributed by atoms with E-state index in [1.54, 1.807) is 0 Å². The van der Waals surface area contributed by atoms with Crippen molar-refractivity contribution in [2.45, 2.75) is 18.4 Å². The molecule has 1 aromatic carbocycles. The van der Waals surface area contributed by atoms with Gasteiger partial charge in [0.1, 0.15) is 5.82 Å². The quantitative estimate of drug-likeness (QED) is 0.609. The molecule has 0 aliphatic rings. The standard InChI is InChI=1S/C13H17N3S/c1-11-15-10-12(16-11)9-14-7-8-17-13-5-3-2-4-6-13/h2-6,10,14H,7-9H2,1H3,(H,15,16). The minimum absolute atomic E-state index is 0.857. The molecule has 0 spiro atoms. The zero-order chi connectivity index (χ0) is 11.9. The summed E-state index contributed by atoms with van der Waals surface area (Å²) in [6, 6.07) is 10.5. The highest BCUT2D eigenvalue weighted by atomic mass is 32.2. The summed E-state index contributed by atoms with van der Waals surface area (Å²) in [5.41, 5.74) is 1.15. The monoisotopic (exact) mass is 247 g/mol. The highest BCUT2D eigenvalue weighted by molar-refractivity contribution is 7.99. The lowest BCUT2D eigenvalue weighted by molar-refractivity contribution is 0.718. The number of aromatic amines is 1. The van der Waals surface area contributed by atoms with E-state index in [9.17, 15) is 0 Å². The largest absolute Gasteiger partial charge is 0.345 e. The van der Waals surface area contributed by atoms with Gasteiger partial charge in [-0.3, -0.25) is 0 Å². The third-order valence-corrected chi connectivity index (χ3v) is 3.38. The Balaban J connectivity index is 1.61. The minimum atomic E-state index is 0.857. The van der Waals surface area contributed by atoms with E-state index < -0.39 is 0 Å². The van der Waals surface area contributed by atoms with Gasteiger partial charge in [0.2, 0.25) is 0 Å². The van der Waals surface area contributed by atoms with E-state index >= 15 is 0 Å². The second kappa shape index (κ2) is 6.47. The van der Waals surface area contributed by atoms with Crippen LogP contribution in [0.4, 0.5) is 0 Å². The van der Waals surface area contributed by atoms with E-state index in [0.717, 1.165) is 30.4 Å². The average molecular weight is 247 g/mol. The van der Waals surface area contributed by atoms with Crippen molar-refractivity contribution in [3.05, 3.63) is 48.0 Å². The van der Waals surface area contributed by atoms with Crippen molar-refractivity contribution in [3.63, 3.8) is 0 Å². The fraction of sp³-hybridized carbons (Fsp3) is 0.308. The van der Waals surface area contributed by atoms with Gasteiger partial charge in [0, 0.05) is 35.6 Å². The van der Waals surface area contributed by atoms with Crippen molar-refractivity contribution < 1.29 is 0 Å². The number of hydrogen-bond acceptors (Lipinski definition) is 3. The summed E-state index contributed by atoms with van der Waals surface area (Å²) in [6.07, 6.45) is 1.88. The lowest BCUT2D eigenvalue weighted by Crippen LogP contribution is -2.16. The van der Waals surface area contributed by atoms with Crippen LogP contribution in [0.2, 0.25) is 0 Å². The van der Waals surface area contributed by atoms with Gasteiger partial charge in [-0.2, -0.15) is 0 Å². The van der Waals surface area contributed by atoms with Crippen LogP contribution in [-0.2, 0) is 6.54 Å². The second-order valence-corrected chi connectivity index (χ2v) is 5.00. The van der Waals surface area contributed by atoms with Gasteiger partial charge < -0.3 is 10.3 Å². The van der Waals surface area contributed by atoms with Gasteiger partial charge >= 0.3 is 0 Å². The molecule has 2 rings (SSSR count). The van der Waals surface area contributed by atoms with E-state index in [0.29, 0.717) is 0 Å². The number of thioether (sulfide) groups is 1. The maximum Gasteiger partial charge on any atom is 0.103 e. The molecule has 1 aromatic heterocycles. The van der Waals surface area contributed by atoms with E-state index in [1.807, 2.05) is 30.9 Å². The molecule has 0 fully saturated rings. The lowest BCUT2D eigenvalue weighted by Gasteiger charge is -2.03. The third-order valence-electron chi connectivity index (χ3n) is 2.36. The Morgan fingerprint density at radius 3 is 2.82 bits per heavy atom. The van der Waals surface area contributed by atoms with Crippen LogP contribution in [0, 0.1) is 6.92 Å². The number of imidazole rings is 1. The molecule has 0 amide bonds. The van der Waals surface area contributed by atoms with Crippen molar-refractivity contribution >= 4 is 11.8 Å². The minimum Gasteiger partial charge on any atom is -0.345 e. The lowest BCUT2D eigenvalue weighted by atomic mass is 10.4. The fourth-order valence-corrected chi connectivity index (χ4v) is 2.37. The molecule has 0 aliphatic carbocycles. The van der Waals surface area contributed by atoms with E-state index in [4.69, 9.17) is 0 Å². The summed E-state index contributed by atoms with van der Waals surface area (Å²) in [5.74, 6) is 2.05. The summed E-state index contributed by atoms with van der Waals surface area (Å²) < 4.78 is 0. The second-order valence-electron chi connectivity index (χ2n) is 3.83. The predicted molar refractivity (Wildman–Crippen MR) is 72.2 cm³/mol. The van der Waals surface area contributed by atoms with E-state index in [2.05, 4.69) is 39.6 Å². The molecule has 0 radical (unpaired) electrons. The molecule has 2 aromatic rings. The zero-order valence-electron chi connectivity index (χ0n) is 9.94. The third kappa shape index (κ3) is 4.24. The average Bonchev–Trinajstić information content (AvgIpc) is 2.76. The molecule has 0 saturated heterocycles. The smallest absolute Gasteiger partial charge is 0.103 e. The molecule has 2 N–H and O–H groups in total. The van der Waals surface area contributed by atoms with E-state index in [1.165, 1.54) is 4.90 Å². The summed E-state index contributed by atoms with van der Waals surface area (Å²) in [6.45, 7) is 3.82. The van der Waals surface area contributed by atoms with Gasteiger partial charge in [0.25, 0.3) is 0 Å². The van der Waals surface area contributed by atoms with Gasteiger partial charge in [0.15, 0.2) is 0 Å². The molecule has 0 bridgehead atoms. The van der Waals surface area contributed by atoms with Gasteiger partial charge in [0.05, 0.1) is 0 Å². The molecular weight excluding hydrogens is 230 g/mol. The number of aryl methyl sites for hydroxylation is 1. The normalized spacial score (nSPS) is 10.6. The van der Waals surface area contributed by atoms with E-state index in [-0.39, 0.29) is 0 Å². The topological polar surface area (TPSA) is 40.7 Å². The molecule has 0 saturated carbocycles. The highest BCUT2D eigenvalue weighted by Crippen LogP contribution is 2.15. The first kappa shape index (κ1) is 12.2.